The van der Waals surface area contributed by atoms with Crippen molar-refractivity contribution in [2.24, 2.45) is 0 Å². The maximum atomic E-state index is 13.4. The summed E-state index contributed by atoms with van der Waals surface area (Å²) in [5, 5.41) is 8.71. The Labute approximate surface area is 160 Å². The monoisotopic (exact) mass is 362 g/mol. The van der Waals surface area contributed by atoms with Crippen LogP contribution < -0.4 is 0 Å². The Morgan fingerprint density at radius 2 is 1.96 bits per heavy atom. The third kappa shape index (κ3) is 3.59. The molecule has 2 atom stereocenters. The van der Waals surface area contributed by atoms with Gasteiger partial charge in [-0.2, -0.15) is 0 Å². The molecule has 1 aromatic carbocycles. The van der Waals surface area contributed by atoms with Crippen LogP contribution in [0.5, 0.6) is 0 Å². The summed E-state index contributed by atoms with van der Waals surface area (Å²) in [5.74, 6) is 1.40. The van der Waals surface area contributed by atoms with E-state index in [0.717, 1.165) is 55.8 Å². The van der Waals surface area contributed by atoms with Gasteiger partial charge in [-0.1, -0.05) is 49.7 Å². The van der Waals surface area contributed by atoms with Crippen molar-refractivity contribution >= 4 is 11.6 Å². The van der Waals surface area contributed by atoms with E-state index in [1.165, 1.54) is 0 Å². The molecular formula is C22H26N4O. The van der Waals surface area contributed by atoms with Crippen LogP contribution in [0.4, 0.5) is 0 Å². The van der Waals surface area contributed by atoms with Crippen molar-refractivity contribution in [2.75, 3.05) is 13.1 Å². The first kappa shape index (κ1) is 17.7. The molecule has 0 bridgehead atoms. The normalized spacial score (nSPS) is 18.6. The van der Waals surface area contributed by atoms with Crippen molar-refractivity contribution in [3.05, 3.63) is 66.1 Å². The van der Waals surface area contributed by atoms with Crippen LogP contribution in [0, 0.1) is 0 Å². The molecule has 1 aliphatic heterocycles. The van der Waals surface area contributed by atoms with E-state index in [9.17, 15) is 4.79 Å². The summed E-state index contributed by atoms with van der Waals surface area (Å²) in [6.45, 7) is 3.70. The fourth-order valence-electron chi connectivity index (χ4n) is 4.15. The maximum absolute atomic E-state index is 13.4. The van der Waals surface area contributed by atoms with Gasteiger partial charge in [0.2, 0.25) is 5.91 Å². The van der Waals surface area contributed by atoms with Gasteiger partial charge in [0.25, 0.3) is 0 Å². The summed E-state index contributed by atoms with van der Waals surface area (Å²) in [7, 11) is 0. The zero-order valence-corrected chi connectivity index (χ0v) is 15.8. The number of amides is 1. The van der Waals surface area contributed by atoms with Crippen molar-refractivity contribution in [3.63, 3.8) is 0 Å². The molecule has 0 aliphatic carbocycles. The summed E-state index contributed by atoms with van der Waals surface area (Å²) in [6, 6.07) is 16.1. The number of hydrogen-bond donors (Lipinski definition) is 0. The molecule has 4 rings (SSSR count). The van der Waals surface area contributed by atoms with Gasteiger partial charge in [-0.3, -0.25) is 9.20 Å². The van der Waals surface area contributed by atoms with Gasteiger partial charge < -0.3 is 4.90 Å². The molecule has 5 heteroatoms. The molecular weight excluding hydrogens is 336 g/mol. The van der Waals surface area contributed by atoms with Gasteiger partial charge in [0, 0.05) is 25.2 Å². The lowest BCUT2D eigenvalue weighted by molar-refractivity contribution is -0.134. The van der Waals surface area contributed by atoms with Gasteiger partial charge in [0.05, 0.1) is 5.92 Å². The number of pyridine rings is 1. The number of carbonyl (C=O) groups excluding carboxylic acids is 1. The SMILES string of the molecule is CCCC(C(=O)N1CCCC(c2nnc3ccccn23)C1)c1ccccc1. The lowest BCUT2D eigenvalue weighted by atomic mass is 9.90. The van der Waals surface area contributed by atoms with Crippen LogP contribution in [0.2, 0.25) is 0 Å². The zero-order valence-electron chi connectivity index (χ0n) is 15.8. The van der Waals surface area contributed by atoms with Crippen LogP contribution in [-0.2, 0) is 4.79 Å². The Morgan fingerprint density at radius 1 is 1.15 bits per heavy atom. The standard InChI is InChI=1S/C22H26N4O/c1-2-9-19(17-10-4-3-5-11-17)22(27)25-14-8-12-18(16-25)21-24-23-20-13-6-7-15-26(20)21/h3-7,10-11,13,15,18-19H,2,8-9,12,14,16H2,1H3. The molecule has 0 spiro atoms. The van der Waals surface area contributed by atoms with E-state index in [0.29, 0.717) is 0 Å². The average Bonchev–Trinajstić information content (AvgIpc) is 3.16. The first-order chi connectivity index (χ1) is 13.3. The molecule has 1 fully saturated rings. The summed E-state index contributed by atoms with van der Waals surface area (Å²) < 4.78 is 2.05. The molecule has 3 aromatic rings. The van der Waals surface area contributed by atoms with Crippen LogP contribution in [0.3, 0.4) is 0 Å². The average molecular weight is 362 g/mol. The smallest absolute Gasteiger partial charge is 0.230 e. The molecule has 3 heterocycles. The summed E-state index contributed by atoms with van der Waals surface area (Å²) in [5.41, 5.74) is 1.99. The highest BCUT2D eigenvalue weighted by molar-refractivity contribution is 5.84. The van der Waals surface area contributed by atoms with Crippen LogP contribution in [0.25, 0.3) is 5.65 Å². The highest BCUT2D eigenvalue weighted by Gasteiger charge is 2.31. The summed E-state index contributed by atoms with van der Waals surface area (Å²) >= 11 is 0. The van der Waals surface area contributed by atoms with E-state index >= 15 is 0 Å². The molecule has 1 saturated heterocycles. The second kappa shape index (κ2) is 7.91. The number of nitrogens with zero attached hydrogens (tertiary/aromatic N) is 4. The molecule has 27 heavy (non-hydrogen) atoms. The Balaban J connectivity index is 1.56. The van der Waals surface area contributed by atoms with Crippen molar-refractivity contribution in [1.29, 1.82) is 0 Å². The van der Waals surface area contributed by atoms with E-state index in [1.807, 2.05) is 47.5 Å². The lowest BCUT2D eigenvalue weighted by Crippen LogP contribution is -2.42. The minimum atomic E-state index is -0.0508. The third-order valence-corrected chi connectivity index (χ3v) is 5.52. The van der Waals surface area contributed by atoms with Gasteiger partial charge >= 0.3 is 0 Å². The zero-order chi connectivity index (χ0) is 18.6. The maximum Gasteiger partial charge on any atom is 0.230 e. The topological polar surface area (TPSA) is 50.5 Å². The van der Waals surface area contributed by atoms with Crippen LogP contribution in [0.1, 0.15) is 55.8 Å². The Hall–Kier alpha value is -2.69. The fourth-order valence-corrected chi connectivity index (χ4v) is 4.15. The van der Waals surface area contributed by atoms with E-state index in [-0.39, 0.29) is 17.7 Å². The van der Waals surface area contributed by atoms with Gasteiger partial charge in [-0.05, 0) is 37.0 Å². The Bertz CT molecular complexity index is 905. The highest BCUT2D eigenvalue weighted by atomic mass is 16.2. The van der Waals surface area contributed by atoms with Gasteiger partial charge in [-0.15, -0.1) is 10.2 Å². The van der Waals surface area contributed by atoms with Gasteiger partial charge in [-0.25, -0.2) is 0 Å². The largest absolute Gasteiger partial charge is 0.341 e. The van der Waals surface area contributed by atoms with Crippen molar-refractivity contribution in [2.45, 2.75) is 44.4 Å². The van der Waals surface area contributed by atoms with Crippen molar-refractivity contribution in [3.8, 4) is 0 Å². The number of fused-ring (bicyclic) bond motifs is 1. The summed E-state index contributed by atoms with van der Waals surface area (Å²) in [6.07, 6.45) is 5.94. The predicted molar refractivity (Wildman–Crippen MR) is 106 cm³/mol. The molecule has 140 valence electrons. The van der Waals surface area contributed by atoms with E-state index in [2.05, 4.69) is 33.7 Å². The van der Waals surface area contributed by atoms with Crippen molar-refractivity contribution in [1.82, 2.24) is 19.5 Å². The quantitative estimate of drug-likeness (QED) is 0.689. The molecule has 0 N–H and O–H groups in total. The first-order valence-corrected chi connectivity index (χ1v) is 9.91. The van der Waals surface area contributed by atoms with Crippen molar-refractivity contribution < 1.29 is 4.79 Å². The van der Waals surface area contributed by atoms with Gasteiger partial charge in [0.1, 0.15) is 5.82 Å². The third-order valence-electron chi connectivity index (χ3n) is 5.52. The minimum absolute atomic E-state index is 0.0508. The van der Waals surface area contributed by atoms with E-state index in [4.69, 9.17) is 0 Å². The molecule has 2 unspecified atom stereocenters. The molecule has 0 radical (unpaired) electrons. The number of carbonyl (C=O) groups is 1. The fraction of sp³-hybridized carbons (Fsp3) is 0.409. The summed E-state index contributed by atoms with van der Waals surface area (Å²) in [4.78, 5) is 15.4. The first-order valence-electron chi connectivity index (χ1n) is 9.91. The number of likely N-dealkylation sites (tertiary alicyclic amines) is 1. The Morgan fingerprint density at radius 3 is 2.78 bits per heavy atom. The highest BCUT2D eigenvalue weighted by Crippen LogP contribution is 2.30. The minimum Gasteiger partial charge on any atom is -0.341 e. The number of benzene rings is 1. The molecule has 0 saturated carbocycles. The van der Waals surface area contributed by atoms with Crippen LogP contribution >= 0.6 is 0 Å². The Kier molecular flexibility index (Phi) is 5.19. The number of piperidine rings is 1. The molecule has 1 amide bonds. The number of hydrogen-bond acceptors (Lipinski definition) is 3. The van der Waals surface area contributed by atoms with Gasteiger partial charge in [0.15, 0.2) is 5.65 Å². The second-order valence-electron chi connectivity index (χ2n) is 7.36. The number of aromatic nitrogens is 3. The molecule has 1 aliphatic rings. The predicted octanol–water partition coefficient (Wildman–Crippen LogP) is 4.02. The number of rotatable bonds is 5. The van der Waals surface area contributed by atoms with Crippen LogP contribution in [-0.4, -0.2) is 38.5 Å². The van der Waals surface area contributed by atoms with E-state index < -0.39 is 0 Å². The van der Waals surface area contributed by atoms with E-state index in [1.54, 1.807) is 0 Å². The van der Waals surface area contributed by atoms with Crippen LogP contribution in [0.15, 0.2) is 54.7 Å². The molecule has 2 aromatic heterocycles. The lowest BCUT2D eigenvalue weighted by Gasteiger charge is -2.34. The molecule has 5 nitrogen and oxygen atoms in total. The second-order valence-corrected chi connectivity index (χ2v) is 7.36.